The first-order chi connectivity index (χ1) is 9.92. The van der Waals surface area contributed by atoms with Gasteiger partial charge >= 0.3 is 5.69 Å². The Hall–Kier alpha value is -1.89. The highest BCUT2D eigenvalue weighted by Gasteiger charge is 2.20. The lowest BCUT2D eigenvalue weighted by Gasteiger charge is -2.18. The summed E-state index contributed by atoms with van der Waals surface area (Å²) in [5.41, 5.74) is 6.17. The van der Waals surface area contributed by atoms with E-state index in [0.29, 0.717) is 17.6 Å². The molecule has 2 unspecified atom stereocenters. The number of nitrogens with two attached hydrogens (primary N) is 1. The van der Waals surface area contributed by atoms with E-state index in [9.17, 15) is 9.59 Å². The molecule has 0 aliphatic carbocycles. The molecule has 2 aromatic heterocycles. The largest absolute Gasteiger partial charge is 0.333 e. The molecule has 21 heavy (non-hydrogen) atoms. The summed E-state index contributed by atoms with van der Waals surface area (Å²) in [6.07, 6.45) is 3.05. The Morgan fingerprint density at radius 3 is 2.52 bits per heavy atom. The van der Waals surface area contributed by atoms with E-state index in [1.165, 1.54) is 4.57 Å². The molecule has 0 saturated heterocycles. The van der Waals surface area contributed by atoms with E-state index in [4.69, 9.17) is 5.73 Å². The first-order valence-electron chi connectivity index (χ1n) is 7.34. The van der Waals surface area contributed by atoms with Crippen LogP contribution in [0.5, 0.6) is 0 Å². The molecule has 0 aliphatic heterocycles. The standard InChI is InChI=1S/C14H23N5O2/c1-5-9(3)19-12-11(17(4)8-16-12)13(20)18(14(19)21)7-10(15)6-2/h8-10H,5-7,15H2,1-4H3. The second-order valence-corrected chi connectivity index (χ2v) is 5.52. The van der Waals surface area contributed by atoms with Crippen molar-refractivity contribution in [2.24, 2.45) is 12.8 Å². The molecule has 0 radical (unpaired) electrons. The van der Waals surface area contributed by atoms with Gasteiger partial charge in [-0.25, -0.2) is 9.78 Å². The van der Waals surface area contributed by atoms with Crippen LogP contribution in [0.2, 0.25) is 0 Å². The van der Waals surface area contributed by atoms with E-state index in [2.05, 4.69) is 4.98 Å². The van der Waals surface area contributed by atoms with Gasteiger partial charge in [-0.15, -0.1) is 0 Å². The van der Waals surface area contributed by atoms with E-state index in [1.54, 1.807) is 22.5 Å². The van der Waals surface area contributed by atoms with Crippen molar-refractivity contribution in [3.05, 3.63) is 27.2 Å². The summed E-state index contributed by atoms with van der Waals surface area (Å²) < 4.78 is 4.49. The first-order valence-corrected chi connectivity index (χ1v) is 7.34. The summed E-state index contributed by atoms with van der Waals surface area (Å²) in [6.45, 7) is 6.11. The van der Waals surface area contributed by atoms with Crippen LogP contribution >= 0.6 is 0 Å². The second-order valence-electron chi connectivity index (χ2n) is 5.52. The summed E-state index contributed by atoms with van der Waals surface area (Å²) >= 11 is 0. The van der Waals surface area contributed by atoms with Gasteiger partial charge in [0.2, 0.25) is 0 Å². The summed E-state index contributed by atoms with van der Waals surface area (Å²) in [7, 11) is 1.76. The van der Waals surface area contributed by atoms with Gasteiger partial charge in [-0.1, -0.05) is 13.8 Å². The lowest BCUT2D eigenvalue weighted by Crippen LogP contribution is -2.45. The van der Waals surface area contributed by atoms with Crippen LogP contribution in [-0.4, -0.2) is 24.7 Å². The smallest absolute Gasteiger partial charge is 0.328 e. The van der Waals surface area contributed by atoms with Gasteiger partial charge in [0.15, 0.2) is 11.2 Å². The van der Waals surface area contributed by atoms with E-state index >= 15 is 0 Å². The SMILES string of the molecule is CCC(N)Cn1c(=O)c2c(ncn2C)n(C(C)CC)c1=O. The maximum absolute atomic E-state index is 12.7. The highest BCUT2D eigenvalue weighted by molar-refractivity contribution is 5.70. The summed E-state index contributed by atoms with van der Waals surface area (Å²) in [6, 6.07) is -0.244. The van der Waals surface area contributed by atoms with Crippen LogP contribution in [0.25, 0.3) is 11.2 Å². The number of aromatic nitrogens is 4. The Kier molecular flexibility index (Phi) is 4.32. The molecule has 7 heteroatoms. The molecule has 2 atom stereocenters. The van der Waals surface area contributed by atoms with Crippen LogP contribution in [0.1, 0.15) is 39.7 Å². The molecule has 0 spiro atoms. The molecule has 2 rings (SSSR count). The maximum Gasteiger partial charge on any atom is 0.333 e. The quantitative estimate of drug-likeness (QED) is 0.874. The van der Waals surface area contributed by atoms with Crippen molar-refractivity contribution in [3.8, 4) is 0 Å². The number of imidazole rings is 1. The van der Waals surface area contributed by atoms with Crippen LogP contribution in [0, 0.1) is 0 Å². The number of fused-ring (bicyclic) bond motifs is 1. The van der Waals surface area contributed by atoms with E-state index in [1.807, 2.05) is 20.8 Å². The lowest BCUT2D eigenvalue weighted by molar-refractivity contribution is 0.455. The lowest BCUT2D eigenvalue weighted by atomic mass is 10.2. The fraction of sp³-hybridized carbons (Fsp3) is 0.643. The number of hydrogen-bond acceptors (Lipinski definition) is 4. The normalized spacial score (nSPS) is 14.5. The minimum absolute atomic E-state index is 0.0281. The third-order valence-electron chi connectivity index (χ3n) is 4.00. The maximum atomic E-state index is 12.7. The molecule has 0 amide bonds. The van der Waals surface area contributed by atoms with Crippen molar-refractivity contribution >= 4 is 11.2 Å². The average Bonchev–Trinajstić information content (AvgIpc) is 2.84. The number of hydrogen-bond donors (Lipinski definition) is 1. The predicted molar refractivity (Wildman–Crippen MR) is 82.5 cm³/mol. The summed E-state index contributed by atoms with van der Waals surface area (Å²) in [4.78, 5) is 29.5. The predicted octanol–water partition coefficient (Wildman–Crippen LogP) is 0.605. The minimum atomic E-state index is -0.329. The molecular formula is C14H23N5O2. The van der Waals surface area contributed by atoms with Crippen LogP contribution < -0.4 is 17.0 Å². The Morgan fingerprint density at radius 2 is 1.95 bits per heavy atom. The molecular weight excluding hydrogens is 270 g/mol. The highest BCUT2D eigenvalue weighted by atomic mass is 16.2. The third kappa shape index (κ3) is 2.53. The van der Waals surface area contributed by atoms with Crippen LogP contribution in [0.15, 0.2) is 15.9 Å². The van der Waals surface area contributed by atoms with Crippen LogP contribution in [0.3, 0.4) is 0 Å². The third-order valence-corrected chi connectivity index (χ3v) is 4.00. The van der Waals surface area contributed by atoms with Gasteiger partial charge < -0.3 is 10.3 Å². The van der Waals surface area contributed by atoms with Crippen molar-refractivity contribution < 1.29 is 0 Å². The summed E-state index contributed by atoms with van der Waals surface area (Å²) in [5.74, 6) is 0. The van der Waals surface area contributed by atoms with Gasteiger partial charge in [0, 0.05) is 25.7 Å². The van der Waals surface area contributed by atoms with Gasteiger partial charge in [-0.2, -0.15) is 0 Å². The molecule has 0 aliphatic rings. The Labute approximate surface area is 123 Å². The van der Waals surface area contributed by atoms with Crippen molar-refractivity contribution in [1.82, 2.24) is 18.7 Å². The summed E-state index contributed by atoms with van der Waals surface area (Å²) in [5, 5.41) is 0. The van der Waals surface area contributed by atoms with Gasteiger partial charge in [0.05, 0.1) is 6.33 Å². The highest BCUT2D eigenvalue weighted by Crippen LogP contribution is 2.13. The fourth-order valence-corrected chi connectivity index (χ4v) is 2.38. The molecule has 0 fully saturated rings. The monoisotopic (exact) mass is 293 g/mol. The fourth-order valence-electron chi connectivity index (χ4n) is 2.38. The van der Waals surface area contributed by atoms with Crippen molar-refractivity contribution in [1.29, 1.82) is 0 Å². The molecule has 116 valence electrons. The molecule has 2 aromatic rings. The second kappa shape index (κ2) is 5.85. The number of nitrogens with zero attached hydrogens (tertiary/aromatic N) is 4. The van der Waals surface area contributed by atoms with E-state index in [0.717, 1.165) is 6.42 Å². The zero-order chi connectivity index (χ0) is 15.7. The molecule has 0 saturated carbocycles. The number of rotatable bonds is 5. The minimum Gasteiger partial charge on any atom is -0.328 e. The topological polar surface area (TPSA) is 87.8 Å². The van der Waals surface area contributed by atoms with E-state index < -0.39 is 0 Å². The van der Waals surface area contributed by atoms with Crippen LogP contribution in [-0.2, 0) is 13.6 Å². The molecule has 7 nitrogen and oxygen atoms in total. The van der Waals surface area contributed by atoms with Gasteiger partial charge in [0.25, 0.3) is 5.56 Å². The molecule has 2 heterocycles. The van der Waals surface area contributed by atoms with E-state index in [-0.39, 0.29) is 29.9 Å². The molecule has 0 aromatic carbocycles. The van der Waals surface area contributed by atoms with Gasteiger partial charge in [0.1, 0.15) is 0 Å². The van der Waals surface area contributed by atoms with Crippen molar-refractivity contribution in [2.75, 3.05) is 0 Å². The average molecular weight is 293 g/mol. The zero-order valence-electron chi connectivity index (χ0n) is 13.0. The Balaban J connectivity index is 2.83. The number of aryl methyl sites for hydroxylation is 1. The van der Waals surface area contributed by atoms with Crippen molar-refractivity contribution in [3.63, 3.8) is 0 Å². The molecule has 0 bridgehead atoms. The van der Waals surface area contributed by atoms with Gasteiger partial charge in [-0.3, -0.25) is 13.9 Å². The Morgan fingerprint density at radius 1 is 1.29 bits per heavy atom. The van der Waals surface area contributed by atoms with Crippen LogP contribution in [0.4, 0.5) is 0 Å². The molecule has 2 N–H and O–H groups in total. The van der Waals surface area contributed by atoms with Gasteiger partial charge in [-0.05, 0) is 19.8 Å². The van der Waals surface area contributed by atoms with Crippen molar-refractivity contribution in [2.45, 2.75) is 52.2 Å². The Bertz CT molecular complexity index is 755. The zero-order valence-corrected chi connectivity index (χ0v) is 13.0. The first kappa shape index (κ1) is 15.5.